The largest absolute Gasteiger partial charge is 0.328 e. The van der Waals surface area contributed by atoms with E-state index in [9.17, 15) is 4.79 Å². The molecule has 1 aromatic heterocycles. The van der Waals surface area contributed by atoms with E-state index in [1.165, 1.54) is 11.1 Å². The number of amides is 1. The summed E-state index contributed by atoms with van der Waals surface area (Å²) in [6.07, 6.45) is 3.90. The van der Waals surface area contributed by atoms with Crippen molar-refractivity contribution in [2.45, 2.75) is 39.3 Å². The number of carbonyl (C=O) groups is 1. The molecule has 4 rings (SSSR count). The van der Waals surface area contributed by atoms with Crippen LogP contribution in [0.5, 0.6) is 0 Å². The van der Waals surface area contributed by atoms with Crippen molar-refractivity contribution in [1.82, 2.24) is 14.5 Å². The zero-order valence-electron chi connectivity index (χ0n) is 15.9. The number of likely N-dealkylation sites (tertiary alicyclic amines) is 1. The summed E-state index contributed by atoms with van der Waals surface area (Å²) >= 11 is 0. The van der Waals surface area contributed by atoms with Crippen LogP contribution in [0.2, 0.25) is 0 Å². The molecule has 0 saturated carbocycles. The number of hydrogen-bond donors (Lipinski definition) is 0. The fraction of sp³-hybridized carbons (Fsp3) is 0.304. The molecule has 4 nitrogen and oxygen atoms in total. The molecule has 0 N–H and O–H groups in total. The lowest BCUT2D eigenvalue weighted by molar-refractivity contribution is 0.0727. The van der Waals surface area contributed by atoms with Crippen LogP contribution in [0.3, 0.4) is 0 Å². The molecule has 1 saturated heterocycles. The molecule has 1 amide bonds. The lowest BCUT2D eigenvalue weighted by Crippen LogP contribution is -2.32. The number of nitrogens with zero attached hydrogens (tertiary/aromatic N) is 3. The standard InChI is InChI=1S/C23H25N3O/c1-17-10-12-19(13-11-17)16-26-18(2)15-24-22(26)21-9-6-14-25(21)23(27)20-7-4-3-5-8-20/h3-5,7-8,10-13,15,21H,6,9,14,16H2,1-2H3/t21-/m1/s1. The first-order chi connectivity index (χ1) is 13.1. The Morgan fingerprint density at radius 3 is 2.56 bits per heavy atom. The lowest BCUT2D eigenvalue weighted by atomic mass is 10.1. The van der Waals surface area contributed by atoms with Crippen molar-refractivity contribution in [1.29, 1.82) is 0 Å². The number of rotatable bonds is 4. The van der Waals surface area contributed by atoms with E-state index in [-0.39, 0.29) is 11.9 Å². The zero-order valence-corrected chi connectivity index (χ0v) is 15.9. The molecular weight excluding hydrogens is 334 g/mol. The van der Waals surface area contributed by atoms with Gasteiger partial charge in [0.2, 0.25) is 0 Å². The van der Waals surface area contributed by atoms with Gasteiger partial charge in [-0.2, -0.15) is 0 Å². The fourth-order valence-electron chi connectivity index (χ4n) is 3.85. The van der Waals surface area contributed by atoms with Crippen molar-refractivity contribution in [3.05, 3.63) is 89.0 Å². The van der Waals surface area contributed by atoms with Gasteiger partial charge < -0.3 is 9.47 Å². The third-order valence-electron chi connectivity index (χ3n) is 5.38. The van der Waals surface area contributed by atoms with Crippen LogP contribution in [0.15, 0.2) is 60.8 Å². The van der Waals surface area contributed by atoms with Crippen molar-refractivity contribution < 1.29 is 4.79 Å². The predicted octanol–water partition coefficient (Wildman–Crippen LogP) is 4.53. The van der Waals surface area contributed by atoms with Crippen LogP contribution in [0, 0.1) is 13.8 Å². The second-order valence-corrected chi connectivity index (χ2v) is 7.35. The average molecular weight is 359 g/mol. The Morgan fingerprint density at radius 1 is 1.07 bits per heavy atom. The van der Waals surface area contributed by atoms with Gasteiger partial charge in [-0.25, -0.2) is 4.98 Å². The zero-order chi connectivity index (χ0) is 18.8. The number of imidazole rings is 1. The van der Waals surface area contributed by atoms with Gasteiger partial charge >= 0.3 is 0 Å². The monoisotopic (exact) mass is 359 g/mol. The summed E-state index contributed by atoms with van der Waals surface area (Å²) in [5.41, 5.74) is 4.39. The lowest BCUT2D eigenvalue weighted by Gasteiger charge is -2.25. The summed E-state index contributed by atoms with van der Waals surface area (Å²) in [5, 5.41) is 0. The predicted molar refractivity (Wildman–Crippen MR) is 107 cm³/mol. The van der Waals surface area contributed by atoms with Crippen LogP contribution in [-0.2, 0) is 6.54 Å². The van der Waals surface area contributed by atoms with E-state index < -0.39 is 0 Å². The van der Waals surface area contributed by atoms with Crippen LogP contribution in [0.1, 0.15) is 51.9 Å². The maximum absolute atomic E-state index is 13.0. The minimum absolute atomic E-state index is 0.0388. The molecule has 27 heavy (non-hydrogen) atoms. The molecule has 0 bridgehead atoms. The van der Waals surface area contributed by atoms with E-state index in [1.54, 1.807) is 0 Å². The summed E-state index contributed by atoms with van der Waals surface area (Å²) in [4.78, 5) is 19.7. The van der Waals surface area contributed by atoms with Gasteiger partial charge in [0.05, 0.1) is 6.04 Å². The number of carbonyl (C=O) groups excluding carboxylic acids is 1. The Morgan fingerprint density at radius 2 is 1.81 bits per heavy atom. The van der Waals surface area contributed by atoms with E-state index in [1.807, 2.05) is 41.4 Å². The molecule has 3 aromatic rings. The molecular formula is C23H25N3O. The number of benzene rings is 2. The summed E-state index contributed by atoms with van der Waals surface area (Å²) < 4.78 is 2.26. The van der Waals surface area contributed by atoms with Gasteiger partial charge in [0, 0.05) is 30.5 Å². The molecule has 1 aliphatic heterocycles. The van der Waals surface area contributed by atoms with Gasteiger partial charge in [-0.05, 0) is 44.4 Å². The molecule has 1 aliphatic rings. The second kappa shape index (κ2) is 7.39. The number of hydrogen-bond acceptors (Lipinski definition) is 2. The molecule has 4 heteroatoms. The first kappa shape index (κ1) is 17.5. The molecule has 0 radical (unpaired) electrons. The summed E-state index contributed by atoms with van der Waals surface area (Å²) in [6.45, 7) is 5.76. The number of aromatic nitrogens is 2. The van der Waals surface area contributed by atoms with E-state index in [0.29, 0.717) is 0 Å². The van der Waals surface area contributed by atoms with Crippen molar-refractivity contribution in [2.75, 3.05) is 6.54 Å². The first-order valence-electron chi connectivity index (χ1n) is 9.57. The van der Waals surface area contributed by atoms with Gasteiger partial charge in [-0.1, -0.05) is 48.0 Å². The molecule has 1 fully saturated rings. The summed E-state index contributed by atoms with van der Waals surface area (Å²) in [6, 6.07) is 18.2. The second-order valence-electron chi connectivity index (χ2n) is 7.35. The van der Waals surface area contributed by atoms with Gasteiger partial charge in [-0.3, -0.25) is 4.79 Å². The van der Waals surface area contributed by atoms with Gasteiger partial charge in [0.25, 0.3) is 5.91 Å². The Labute approximate surface area is 160 Å². The van der Waals surface area contributed by atoms with E-state index in [4.69, 9.17) is 4.98 Å². The van der Waals surface area contributed by atoms with Crippen molar-refractivity contribution in [2.24, 2.45) is 0 Å². The fourth-order valence-corrected chi connectivity index (χ4v) is 3.85. The minimum atomic E-state index is 0.0388. The Bertz CT molecular complexity index is 928. The summed E-state index contributed by atoms with van der Waals surface area (Å²) in [7, 11) is 0. The molecule has 1 atom stereocenters. The van der Waals surface area contributed by atoms with E-state index in [2.05, 4.69) is 42.7 Å². The third kappa shape index (κ3) is 3.52. The Hall–Kier alpha value is -2.88. The first-order valence-corrected chi connectivity index (χ1v) is 9.57. The SMILES string of the molecule is Cc1ccc(Cn2c(C)cnc2[C@H]2CCCN2C(=O)c2ccccc2)cc1. The molecule has 138 valence electrons. The molecule has 0 spiro atoms. The van der Waals surface area contributed by atoms with Crippen LogP contribution in [0.4, 0.5) is 0 Å². The quantitative estimate of drug-likeness (QED) is 0.687. The normalized spacial score (nSPS) is 16.7. The maximum atomic E-state index is 13.0. The molecule has 0 aliphatic carbocycles. The highest BCUT2D eigenvalue weighted by Crippen LogP contribution is 2.33. The van der Waals surface area contributed by atoms with Gasteiger partial charge in [-0.15, -0.1) is 0 Å². The van der Waals surface area contributed by atoms with Crippen LogP contribution in [-0.4, -0.2) is 26.9 Å². The highest BCUT2D eigenvalue weighted by Gasteiger charge is 2.33. The van der Waals surface area contributed by atoms with Crippen LogP contribution < -0.4 is 0 Å². The van der Waals surface area contributed by atoms with Crippen LogP contribution >= 0.6 is 0 Å². The number of aryl methyl sites for hydroxylation is 2. The third-order valence-corrected chi connectivity index (χ3v) is 5.38. The van der Waals surface area contributed by atoms with E-state index in [0.717, 1.165) is 43.0 Å². The Balaban J connectivity index is 1.63. The highest BCUT2D eigenvalue weighted by atomic mass is 16.2. The van der Waals surface area contributed by atoms with E-state index >= 15 is 0 Å². The average Bonchev–Trinajstić information content (AvgIpc) is 3.31. The minimum Gasteiger partial charge on any atom is -0.328 e. The topological polar surface area (TPSA) is 38.1 Å². The summed E-state index contributed by atoms with van der Waals surface area (Å²) in [5.74, 6) is 1.09. The molecule has 0 unspecified atom stereocenters. The van der Waals surface area contributed by atoms with Gasteiger partial charge in [0.15, 0.2) is 0 Å². The molecule has 2 aromatic carbocycles. The van der Waals surface area contributed by atoms with Crippen molar-refractivity contribution in [3.8, 4) is 0 Å². The van der Waals surface area contributed by atoms with Gasteiger partial charge in [0.1, 0.15) is 5.82 Å². The molecule has 2 heterocycles. The maximum Gasteiger partial charge on any atom is 0.254 e. The van der Waals surface area contributed by atoms with Crippen molar-refractivity contribution >= 4 is 5.91 Å². The Kier molecular flexibility index (Phi) is 4.80. The van der Waals surface area contributed by atoms with Crippen molar-refractivity contribution in [3.63, 3.8) is 0 Å². The highest BCUT2D eigenvalue weighted by molar-refractivity contribution is 5.94. The van der Waals surface area contributed by atoms with Crippen LogP contribution in [0.25, 0.3) is 0 Å². The smallest absolute Gasteiger partial charge is 0.254 e.